The molecule has 2 rings (SSSR count). The Bertz CT molecular complexity index is 568. The number of nitrogens with two attached hydrogens (primary N) is 1. The average molecular weight is 210 g/mol. The maximum Gasteiger partial charge on any atom is 0.130 e. The Labute approximate surface area is 95.1 Å². The van der Waals surface area contributed by atoms with E-state index in [1.54, 1.807) is 0 Å². The predicted molar refractivity (Wildman–Crippen MR) is 69.5 cm³/mol. The van der Waals surface area contributed by atoms with Gasteiger partial charge in [-0.1, -0.05) is 43.0 Å². The molecule has 16 heavy (non-hydrogen) atoms. The zero-order valence-electron chi connectivity index (χ0n) is 9.27. The highest BCUT2D eigenvalue weighted by atomic mass is 14.9. The van der Waals surface area contributed by atoms with Crippen molar-refractivity contribution in [1.82, 2.24) is 0 Å². The number of benzene rings is 2. The first-order chi connectivity index (χ1) is 7.66. The van der Waals surface area contributed by atoms with E-state index in [0.717, 1.165) is 5.56 Å². The van der Waals surface area contributed by atoms with Gasteiger partial charge >= 0.3 is 0 Å². The highest BCUT2D eigenvalue weighted by Crippen LogP contribution is 2.15. The van der Waals surface area contributed by atoms with Crippen LogP contribution in [0.25, 0.3) is 10.8 Å². The van der Waals surface area contributed by atoms with Gasteiger partial charge in [0, 0.05) is 11.3 Å². The Kier molecular flexibility index (Phi) is 2.73. The van der Waals surface area contributed by atoms with Gasteiger partial charge in [-0.2, -0.15) is 0 Å². The summed E-state index contributed by atoms with van der Waals surface area (Å²) in [6.45, 7) is 5.54. The van der Waals surface area contributed by atoms with Gasteiger partial charge < -0.3 is 5.73 Å². The number of amidine groups is 1. The van der Waals surface area contributed by atoms with Crippen molar-refractivity contribution >= 4 is 16.6 Å². The Morgan fingerprint density at radius 3 is 2.50 bits per heavy atom. The lowest BCUT2D eigenvalue weighted by Gasteiger charge is -2.03. The quantitative estimate of drug-likeness (QED) is 0.600. The van der Waals surface area contributed by atoms with Crippen molar-refractivity contribution in [1.29, 1.82) is 0 Å². The third-order valence-corrected chi connectivity index (χ3v) is 2.36. The summed E-state index contributed by atoms with van der Waals surface area (Å²) in [5.41, 5.74) is 7.52. The van der Waals surface area contributed by atoms with Gasteiger partial charge in [-0.15, -0.1) is 0 Å². The third kappa shape index (κ3) is 2.11. The molecular formula is C14H14N2. The Balaban J connectivity index is 2.51. The van der Waals surface area contributed by atoms with Crippen LogP contribution >= 0.6 is 0 Å². The molecule has 80 valence electrons. The van der Waals surface area contributed by atoms with Crippen molar-refractivity contribution in [3.8, 4) is 0 Å². The van der Waals surface area contributed by atoms with Crippen molar-refractivity contribution in [3.63, 3.8) is 0 Å². The number of allylic oxidation sites excluding steroid dienone is 1. The van der Waals surface area contributed by atoms with Crippen molar-refractivity contribution in [3.05, 3.63) is 60.3 Å². The van der Waals surface area contributed by atoms with Gasteiger partial charge in [-0.25, -0.2) is 4.99 Å². The Morgan fingerprint density at radius 2 is 1.81 bits per heavy atom. The molecule has 2 N–H and O–H groups in total. The molecule has 2 heteroatoms. The van der Waals surface area contributed by atoms with Crippen molar-refractivity contribution in [2.75, 3.05) is 0 Å². The van der Waals surface area contributed by atoms with Crippen LogP contribution in [0.2, 0.25) is 0 Å². The Morgan fingerprint density at radius 1 is 1.12 bits per heavy atom. The van der Waals surface area contributed by atoms with Crippen LogP contribution in [0.3, 0.4) is 0 Å². The minimum Gasteiger partial charge on any atom is -0.383 e. The van der Waals surface area contributed by atoms with Crippen molar-refractivity contribution in [2.24, 2.45) is 10.7 Å². The SMILES string of the molecule is C=C(C)N=C(N)c1ccc2ccccc2c1. The van der Waals surface area contributed by atoms with Gasteiger partial charge in [0.2, 0.25) is 0 Å². The van der Waals surface area contributed by atoms with E-state index in [-0.39, 0.29) is 0 Å². The number of aliphatic imine (C=N–C) groups is 1. The summed E-state index contributed by atoms with van der Waals surface area (Å²) in [6, 6.07) is 14.2. The van der Waals surface area contributed by atoms with Crippen molar-refractivity contribution < 1.29 is 0 Å². The molecule has 0 aliphatic rings. The summed E-state index contributed by atoms with van der Waals surface area (Å²) in [4.78, 5) is 4.15. The van der Waals surface area contributed by atoms with E-state index >= 15 is 0 Å². The highest BCUT2D eigenvalue weighted by molar-refractivity contribution is 6.01. The topological polar surface area (TPSA) is 38.4 Å². The largest absolute Gasteiger partial charge is 0.383 e. The van der Waals surface area contributed by atoms with E-state index < -0.39 is 0 Å². The van der Waals surface area contributed by atoms with Crippen molar-refractivity contribution in [2.45, 2.75) is 6.92 Å². The lowest BCUT2D eigenvalue weighted by molar-refractivity contribution is 1.30. The molecule has 0 unspecified atom stereocenters. The molecule has 0 aromatic heterocycles. The molecule has 0 aliphatic carbocycles. The van der Waals surface area contributed by atoms with Crippen LogP contribution in [0, 0.1) is 0 Å². The fourth-order valence-electron chi connectivity index (χ4n) is 1.62. The molecule has 0 aliphatic heterocycles. The van der Waals surface area contributed by atoms with Gasteiger partial charge in [-0.3, -0.25) is 0 Å². The molecule has 0 atom stereocenters. The molecule has 0 heterocycles. The van der Waals surface area contributed by atoms with E-state index in [9.17, 15) is 0 Å². The van der Waals surface area contributed by atoms with Gasteiger partial charge in [0.15, 0.2) is 0 Å². The van der Waals surface area contributed by atoms with Gasteiger partial charge in [0.25, 0.3) is 0 Å². The fourth-order valence-corrected chi connectivity index (χ4v) is 1.62. The Hall–Kier alpha value is -2.09. The first kappa shape index (κ1) is 10.4. The monoisotopic (exact) mass is 210 g/mol. The number of rotatable bonds is 2. The minimum absolute atomic E-state index is 0.512. The van der Waals surface area contributed by atoms with E-state index in [2.05, 4.69) is 23.7 Å². The fraction of sp³-hybridized carbons (Fsp3) is 0.0714. The molecular weight excluding hydrogens is 196 g/mol. The third-order valence-electron chi connectivity index (χ3n) is 2.36. The second kappa shape index (κ2) is 4.19. The second-order valence-electron chi connectivity index (χ2n) is 3.79. The summed E-state index contributed by atoms with van der Waals surface area (Å²) in [5, 5.41) is 2.37. The maximum atomic E-state index is 5.88. The number of fused-ring (bicyclic) bond motifs is 1. The predicted octanol–water partition coefficient (Wildman–Crippen LogP) is 3.08. The molecule has 0 radical (unpaired) electrons. The standard InChI is InChI=1S/C14H14N2/c1-10(2)16-14(15)13-8-7-11-5-3-4-6-12(11)9-13/h3-9H,1H2,2H3,(H2,15,16). The minimum atomic E-state index is 0.512. The zero-order valence-corrected chi connectivity index (χ0v) is 9.27. The molecule has 0 amide bonds. The van der Waals surface area contributed by atoms with Crippen LogP contribution in [0.5, 0.6) is 0 Å². The van der Waals surface area contributed by atoms with E-state index in [0.29, 0.717) is 11.5 Å². The van der Waals surface area contributed by atoms with Gasteiger partial charge in [-0.05, 0) is 23.8 Å². The van der Waals surface area contributed by atoms with E-state index in [4.69, 9.17) is 5.73 Å². The summed E-state index contributed by atoms with van der Waals surface area (Å²) < 4.78 is 0. The van der Waals surface area contributed by atoms with E-state index in [1.165, 1.54) is 10.8 Å². The lowest BCUT2D eigenvalue weighted by atomic mass is 10.1. The molecule has 2 aromatic rings. The number of nitrogens with zero attached hydrogens (tertiary/aromatic N) is 1. The zero-order chi connectivity index (χ0) is 11.5. The highest BCUT2D eigenvalue weighted by Gasteiger charge is 1.99. The van der Waals surface area contributed by atoms with E-state index in [1.807, 2.05) is 37.3 Å². The number of hydrogen-bond donors (Lipinski definition) is 1. The maximum absolute atomic E-state index is 5.88. The van der Waals surface area contributed by atoms with Crippen LogP contribution < -0.4 is 5.73 Å². The lowest BCUT2D eigenvalue weighted by Crippen LogP contribution is -2.13. The van der Waals surface area contributed by atoms with Gasteiger partial charge in [0.1, 0.15) is 5.84 Å². The molecule has 0 spiro atoms. The summed E-state index contributed by atoms with van der Waals surface area (Å²) in [7, 11) is 0. The van der Waals surface area contributed by atoms with Crippen LogP contribution in [-0.4, -0.2) is 5.84 Å². The number of hydrogen-bond acceptors (Lipinski definition) is 1. The first-order valence-electron chi connectivity index (χ1n) is 5.15. The van der Waals surface area contributed by atoms with Crippen LogP contribution in [-0.2, 0) is 0 Å². The van der Waals surface area contributed by atoms with Crippen LogP contribution in [0.15, 0.2) is 59.7 Å². The summed E-state index contributed by atoms with van der Waals surface area (Å²) >= 11 is 0. The molecule has 0 bridgehead atoms. The molecule has 2 aromatic carbocycles. The van der Waals surface area contributed by atoms with Crippen LogP contribution in [0.4, 0.5) is 0 Å². The summed E-state index contributed by atoms with van der Waals surface area (Å²) in [5.74, 6) is 0.512. The molecule has 2 nitrogen and oxygen atoms in total. The molecule has 0 fully saturated rings. The smallest absolute Gasteiger partial charge is 0.130 e. The first-order valence-corrected chi connectivity index (χ1v) is 5.15. The normalized spacial score (nSPS) is 11.7. The average Bonchev–Trinajstić information content (AvgIpc) is 2.27. The summed E-state index contributed by atoms with van der Waals surface area (Å²) in [6.07, 6.45) is 0. The van der Waals surface area contributed by atoms with Gasteiger partial charge in [0.05, 0.1) is 0 Å². The second-order valence-corrected chi connectivity index (χ2v) is 3.79. The molecule has 0 saturated heterocycles. The van der Waals surface area contributed by atoms with Crippen LogP contribution in [0.1, 0.15) is 12.5 Å². The molecule has 0 saturated carbocycles.